The van der Waals surface area contributed by atoms with Crippen LogP contribution in [-0.4, -0.2) is 26.1 Å². The molecular weight excluding hydrogens is 317 g/mol. The Morgan fingerprint density at radius 2 is 1.70 bits per heavy atom. The van der Waals surface area contributed by atoms with E-state index in [2.05, 4.69) is 0 Å². The first-order chi connectivity index (χ1) is 11.0. The monoisotopic (exact) mass is 331 g/mol. The van der Waals surface area contributed by atoms with Crippen LogP contribution in [-0.2, 0) is 9.84 Å². The lowest BCUT2D eigenvalue weighted by atomic mass is 10.1. The Hall–Kier alpha value is -2.47. The van der Waals surface area contributed by atoms with E-state index in [0.29, 0.717) is 5.69 Å². The molecule has 0 unspecified atom stereocenters. The van der Waals surface area contributed by atoms with Gasteiger partial charge in [0.2, 0.25) is 0 Å². The minimum Gasteiger partial charge on any atom is -0.300 e. The molecule has 0 saturated heterocycles. The molecule has 1 aliphatic heterocycles. The fourth-order valence-corrected chi connectivity index (χ4v) is 3.80. The molecule has 0 fully saturated rings. The topological polar surface area (TPSA) is 54.5 Å². The molecular formula is C17H14FNO3S. The molecule has 2 aromatic carbocycles. The van der Waals surface area contributed by atoms with Crippen LogP contribution in [0, 0.1) is 5.82 Å². The van der Waals surface area contributed by atoms with Crippen molar-refractivity contribution in [2.45, 2.75) is 6.04 Å². The van der Waals surface area contributed by atoms with Crippen LogP contribution in [0.1, 0.15) is 10.4 Å². The Balaban J connectivity index is 2.05. The van der Waals surface area contributed by atoms with Gasteiger partial charge in [-0.1, -0.05) is 30.3 Å². The average molecular weight is 331 g/mol. The highest BCUT2D eigenvalue weighted by Gasteiger charge is 2.32. The van der Waals surface area contributed by atoms with Gasteiger partial charge in [0.05, 0.1) is 17.4 Å². The SMILES string of the molecule is O=C(c1ccccc1F)N(c1ccccc1)[C@@H]1C=CS(=O)(=O)C1. The summed E-state index contributed by atoms with van der Waals surface area (Å²) in [6, 6.07) is 13.7. The number of anilines is 1. The summed E-state index contributed by atoms with van der Waals surface area (Å²) in [5, 5.41) is 1.10. The number of amides is 1. The van der Waals surface area contributed by atoms with Crippen molar-refractivity contribution >= 4 is 21.4 Å². The number of hydrogen-bond acceptors (Lipinski definition) is 3. The molecule has 0 radical (unpaired) electrons. The van der Waals surface area contributed by atoms with E-state index < -0.39 is 27.6 Å². The first-order valence-electron chi connectivity index (χ1n) is 7.02. The van der Waals surface area contributed by atoms with Gasteiger partial charge in [0, 0.05) is 11.1 Å². The summed E-state index contributed by atoms with van der Waals surface area (Å²) in [5.74, 6) is -1.41. The first-order valence-corrected chi connectivity index (χ1v) is 8.73. The van der Waals surface area contributed by atoms with E-state index in [9.17, 15) is 17.6 Å². The number of halogens is 1. The lowest BCUT2D eigenvalue weighted by molar-refractivity contribution is 0.0979. The Kier molecular flexibility index (Phi) is 4.00. The lowest BCUT2D eigenvalue weighted by Crippen LogP contribution is -2.41. The fourth-order valence-electron chi connectivity index (χ4n) is 2.53. The minimum absolute atomic E-state index is 0.0888. The van der Waals surface area contributed by atoms with Crippen molar-refractivity contribution < 1.29 is 17.6 Å². The zero-order valence-corrected chi connectivity index (χ0v) is 12.9. The van der Waals surface area contributed by atoms with Gasteiger partial charge in [-0.05, 0) is 30.3 Å². The molecule has 0 aromatic heterocycles. The maximum absolute atomic E-state index is 14.0. The van der Waals surface area contributed by atoms with Crippen molar-refractivity contribution in [3.63, 3.8) is 0 Å². The van der Waals surface area contributed by atoms with Gasteiger partial charge in [-0.3, -0.25) is 4.79 Å². The Labute approximate surface area is 133 Å². The van der Waals surface area contributed by atoms with Gasteiger partial charge in [-0.25, -0.2) is 12.8 Å². The van der Waals surface area contributed by atoms with Crippen LogP contribution < -0.4 is 4.90 Å². The van der Waals surface area contributed by atoms with Crippen molar-refractivity contribution in [2.75, 3.05) is 10.7 Å². The first kappa shape index (κ1) is 15.4. The van der Waals surface area contributed by atoms with Crippen LogP contribution in [0.5, 0.6) is 0 Å². The van der Waals surface area contributed by atoms with E-state index in [4.69, 9.17) is 0 Å². The second-order valence-corrected chi connectivity index (χ2v) is 7.15. The normalized spacial score (nSPS) is 18.7. The molecule has 2 aromatic rings. The zero-order chi connectivity index (χ0) is 16.4. The summed E-state index contributed by atoms with van der Waals surface area (Å²) < 4.78 is 37.4. The van der Waals surface area contributed by atoms with Crippen molar-refractivity contribution in [2.24, 2.45) is 0 Å². The fraction of sp³-hybridized carbons (Fsp3) is 0.118. The van der Waals surface area contributed by atoms with E-state index in [-0.39, 0.29) is 11.3 Å². The zero-order valence-electron chi connectivity index (χ0n) is 12.1. The number of para-hydroxylation sites is 1. The molecule has 0 N–H and O–H groups in total. The van der Waals surface area contributed by atoms with Gasteiger partial charge in [-0.2, -0.15) is 0 Å². The summed E-state index contributed by atoms with van der Waals surface area (Å²) in [6.45, 7) is 0. The molecule has 3 rings (SSSR count). The molecule has 23 heavy (non-hydrogen) atoms. The second kappa shape index (κ2) is 5.96. The highest BCUT2D eigenvalue weighted by molar-refractivity contribution is 7.94. The Morgan fingerprint density at radius 3 is 2.30 bits per heavy atom. The van der Waals surface area contributed by atoms with Crippen molar-refractivity contribution in [3.8, 4) is 0 Å². The number of carbonyl (C=O) groups is 1. The van der Waals surface area contributed by atoms with Crippen LogP contribution in [0.25, 0.3) is 0 Å². The number of sulfone groups is 1. The predicted octanol–water partition coefficient (Wildman–Crippen LogP) is 2.78. The standard InChI is InChI=1S/C17H14FNO3S/c18-16-9-5-4-8-15(16)17(20)19(13-6-2-1-3-7-13)14-10-11-23(21,22)12-14/h1-11,14H,12H2/t14-/m1/s1. The van der Waals surface area contributed by atoms with Gasteiger partial charge >= 0.3 is 0 Å². The van der Waals surface area contributed by atoms with Gasteiger partial charge in [-0.15, -0.1) is 0 Å². The number of carbonyl (C=O) groups excluding carboxylic acids is 1. The molecule has 1 atom stereocenters. The smallest absolute Gasteiger partial charge is 0.261 e. The van der Waals surface area contributed by atoms with Gasteiger partial charge in [0.1, 0.15) is 5.82 Å². The van der Waals surface area contributed by atoms with E-state index in [0.717, 1.165) is 5.41 Å². The number of hydrogen-bond donors (Lipinski definition) is 0. The average Bonchev–Trinajstić information content (AvgIpc) is 2.88. The Morgan fingerprint density at radius 1 is 1.04 bits per heavy atom. The quantitative estimate of drug-likeness (QED) is 0.869. The van der Waals surface area contributed by atoms with Gasteiger partial charge in [0.25, 0.3) is 5.91 Å². The second-order valence-electron chi connectivity index (χ2n) is 5.22. The summed E-state index contributed by atoms with van der Waals surface area (Å²) in [5.41, 5.74) is 0.432. The molecule has 6 heteroatoms. The molecule has 118 valence electrons. The van der Waals surface area contributed by atoms with Crippen LogP contribution in [0.3, 0.4) is 0 Å². The summed E-state index contributed by atoms with van der Waals surface area (Å²) >= 11 is 0. The number of benzene rings is 2. The molecule has 0 bridgehead atoms. The van der Waals surface area contributed by atoms with E-state index in [1.165, 1.54) is 29.2 Å². The van der Waals surface area contributed by atoms with E-state index >= 15 is 0 Å². The largest absolute Gasteiger partial charge is 0.300 e. The number of nitrogens with zero attached hydrogens (tertiary/aromatic N) is 1. The molecule has 1 aliphatic rings. The van der Waals surface area contributed by atoms with E-state index in [1.807, 2.05) is 0 Å². The van der Waals surface area contributed by atoms with Gasteiger partial charge in [0.15, 0.2) is 9.84 Å². The summed E-state index contributed by atoms with van der Waals surface area (Å²) in [4.78, 5) is 14.1. The molecule has 4 nitrogen and oxygen atoms in total. The van der Waals surface area contributed by atoms with Crippen LogP contribution in [0.15, 0.2) is 66.1 Å². The van der Waals surface area contributed by atoms with Crippen molar-refractivity contribution in [1.82, 2.24) is 0 Å². The number of rotatable bonds is 3. The predicted molar refractivity (Wildman–Crippen MR) is 86.4 cm³/mol. The molecule has 0 aliphatic carbocycles. The third-order valence-corrected chi connectivity index (χ3v) is 4.98. The Bertz CT molecular complexity index is 862. The van der Waals surface area contributed by atoms with Crippen LogP contribution in [0.4, 0.5) is 10.1 Å². The highest BCUT2D eigenvalue weighted by Crippen LogP contribution is 2.25. The molecule has 0 spiro atoms. The maximum Gasteiger partial charge on any atom is 0.261 e. The summed E-state index contributed by atoms with van der Waals surface area (Å²) in [7, 11) is -3.34. The van der Waals surface area contributed by atoms with Crippen LogP contribution >= 0.6 is 0 Å². The van der Waals surface area contributed by atoms with E-state index in [1.54, 1.807) is 36.4 Å². The molecule has 0 saturated carbocycles. The molecule has 1 amide bonds. The van der Waals surface area contributed by atoms with Crippen molar-refractivity contribution in [1.29, 1.82) is 0 Å². The molecule has 1 heterocycles. The van der Waals surface area contributed by atoms with Gasteiger partial charge < -0.3 is 4.90 Å². The third kappa shape index (κ3) is 3.17. The van der Waals surface area contributed by atoms with Crippen molar-refractivity contribution in [3.05, 3.63) is 77.5 Å². The highest BCUT2D eigenvalue weighted by atomic mass is 32.2. The maximum atomic E-state index is 14.0. The summed E-state index contributed by atoms with van der Waals surface area (Å²) in [6.07, 6.45) is 1.46. The lowest BCUT2D eigenvalue weighted by Gasteiger charge is -2.27. The minimum atomic E-state index is -3.34. The van der Waals surface area contributed by atoms with Crippen LogP contribution in [0.2, 0.25) is 0 Å². The third-order valence-electron chi connectivity index (χ3n) is 3.60.